The molecule has 12 heavy (non-hydrogen) atoms. The van der Waals surface area contributed by atoms with Crippen LogP contribution in [0.1, 0.15) is 6.92 Å². The standard InChI is InChI=1S/C7H11O4P/c1-6(2)7(8)11-4-3-5-12(9)10/h3,5,12H,1,4H2,2H3,(H,9,10). The first-order chi connectivity index (χ1) is 5.54. The fraction of sp³-hybridized carbons (Fsp3) is 0.286. The van der Waals surface area contributed by atoms with E-state index in [1.54, 1.807) is 0 Å². The van der Waals surface area contributed by atoms with Gasteiger partial charge in [0.05, 0.1) is 0 Å². The monoisotopic (exact) mass is 190 g/mol. The summed E-state index contributed by atoms with van der Waals surface area (Å²) in [4.78, 5) is 19.0. The van der Waals surface area contributed by atoms with E-state index < -0.39 is 14.0 Å². The minimum absolute atomic E-state index is 0.00264. The summed E-state index contributed by atoms with van der Waals surface area (Å²) in [6, 6.07) is 0. The number of carbonyl (C=O) groups excluding carboxylic acids is 1. The SMILES string of the molecule is C=C(C)C(=O)OCC=C[PH](=O)O. The van der Waals surface area contributed by atoms with Crippen molar-refractivity contribution < 1.29 is 19.0 Å². The van der Waals surface area contributed by atoms with Gasteiger partial charge in [-0.05, 0) is 18.8 Å². The van der Waals surface area contributed by atoms with Crippen LogP contribution < -0.4 is 0 Å². The van der Waals surface area contributed by atoms with Crippen molar-refractivity contribution in [2.75, 3.05) is 6.61 Å². The molecule has 0 aromatic rings. The van der Waals surface area contributed by atoms with Gasteiger partial charge in [-0.3, -0.25) is 4.57 Å². The van der Waals surface area contributed by atoms with Gasteiger partial charge in [0, 0.05) is 5.57 Å². The second kappa shape index (κ2) is 5.75. The van der Waals surface area contributed by atoms with Crippen molar-refractivity contribution >= 4 is 14.0 Å². The molecule has 1 unspecified atom stereocenters. The first kappa shape index (κ1) is 11.1. The fourth-order valence-electron chi connectivity index (χ4n) is 0.396. The highest BCUT2D eigenvalue weighted by molar-refractivity contribution is 7.41. The molecule has 0 radical (unpaired) electrons. The molecule has 0 aromatic heterocycles. The van der Waals surface area contributed by atoms with E-state index in [9.17, 15) is 9.36 Å². The van der Waals surface area contributed by atoms with Crippen LogP contribution in [0.5, 0.6) is 0 Å². The molecule has 0 rings (SSSR count). The molecule has 1 atom stereocenters. The molecular weight excluding hydrogens is 179 g/mol. The largest absolute Gasteiger partial charge is 0.458 e. The Balaban J connectivity index is 3.64. The summed E-state index contributed by atoms with van der Waals surface area (Å²) in [7, 11) is -2.60. The van der Waals surface area contributed by atoms with Crippen LogP contribution in [0.25, 0.3) is 0 Å². The predicted molar refractivity (Wildman–Crippen MR) is 46.1 cm³/mol. The third kappa shape index (κ3) is 5.89. The van der Waals surface area contributed by atoms with Gasteiger partial charge in [0.1, 0.15) is 6.61 Å². The van der Waals surface area contributed by atoms with Gasteiger partial charge in [-0.2, -0.15) is 0 Å². The third-order valence-electron chi connectivity index (χ3n) is 0.920. The molecule has 68 valence electrons. The van der Waals surface area contributed by atoms with Crippen LogP contribution in [-0.4, -0.2) is 17.5 Å². The number of rotatable bonds is 4. The lowest BCUT2D eigenvalue weighted by molar-refractivity contribution is -0.137. The topological polar surface area (TPSA) is 63.6 Å². The van der Waals surface area contributed by atoms with Gasteiger partial charge < -0.3 is 9.63 Å². The van der Waals surface area contributed by atoms with E-state index in [0.717, 1.165) is 5.82 Å². The van der Waals surface area contributed by atoms with Crippen molar-refractivity contribution in [3.63, 3.8) is 0 Å². The summed E-state index contributed by atoms with van der Waals surface area (Å²) in [6.07, 6.45) is 1.32. The number of esters is 1. The molecule has 5 heteroatoms. The highest BCUT2D eigenvalue weighted by Crippen LogP contribution is 2.13. The van der Waals surface area contributed by atoms with Crippen LogP contribution in [0.3, 0.4) is 0 Å². The summed E-state index contributed by atoms with van der Waals surface area (Å²) in [6.45, 7) is 4.90. The van der Waals surface area contributed by atoms with Gasteiger partial charge in [-0.15, -0.1) is 0 Å². The van der Waals surface area contributed by atoms with Gasteiger partial charge in [-0.25, -0.2) is 4.79 Å². The Hall–Kier alpha value is -0.860. The minimum atomic E-state index is -2.60. The van der Waals surface area contributed by atoms with Crippen molar-refractivity contribution in [2.24, 2.45) is 0 Å². The summed E-state index contributed by atoms with van der Waals surface area (Å²) in [5.41, 5.74) is 0.306. The van der Waals surface area contributed by atoms with E-state index in [2.05, 4.69) is 11.3 Å². The van der Waals surface area contributed by atoms with Gasteiger partial charge in [0.2, 0.25) is 8.03 Å². The zero-order valence-corrected chi connectivity index (χ0v) is 7.74. The van der Waals surface area contributed by atoms with Gasteiger partial charge >= 0.3 is 5.97 Å². The number of hydrogen-bond donors (Lipinski definition) is 1. The van der Waals surface area contributed by atoms with Crippen LogP contribution in [0, 0.1) is 0 Å². The molecule has 0 bridgehead atoms. The maximum atomic E-state index is 10.7. The van der Waals surface area contributed by atoms with Gasteiger partial charge in [0.25, 0.3) is 0 Å². The maximum absolute atomic E-state index is 10.7. The van der Waals surface area contributed by atoms with Gasteiger partial charge in [-0.1, -0.05) is 6.58 Å². The molecule has 1 N–H and O–H groups in total. The van der Waals surface area contributed by atoms with Crippen molar-refractivity contribution in [1.29, 1.82) is 0 Å². The zero-order valence-electron chi connectivity index (χ0n) is 6.74. The summed E-state index contributed by atoms with van der Waals surface area (Å²) >= 11 is 0. The van der Waals surface area contributed by atoms with Crippen molar-refractivity contribution in [3.05, 3.63) is 24.0 Å². The molecule has 0 amide bonds. The summed E-state index contributed by atoms with van der Waals surface area (Å²) < 4.78 is 14.7. The molecule has 0 saturated heterocycles. The molecule has 0 aliphatic rings. The van der Waals surface area contributed by atoms with E-state index in [1.165, 1.54) is 13.0 Å². The Morgan fingerprint density at radius 3 is 2.75 bits per heavy atom. The number of hydrogen-bond acceptors (Lipinski definition) is 3. The Bertz CT molecular complexity index is 232. The van der Waals surface area contributed by atoms with Crippen LogP contribution in [0.4, 0.5) is 0 Å². The second-order valence-electron chi connectivity index (χ2n) is 2.12. The average Bonchev–Trinajstić information content (AvgIpc) is 1.97. The highest BCUT2D eigenvalue weighted by atomic mass is 31.1. The molecule has 4 nitrogen and oxygen atoms in total. The first-order valence-corrected chi connectivity index (χ1v) is 4.69. The maximum Gasteiger partial charge on any atom is 0.333 e. The lowest BCUT2D eigenvalue weighted by Gasteiger charge is -1.98. The van der Waals surface area contributed by atoms with Crippen molar-refractivity contribution in [1.82, 2.24) is 0 Å². The molecule has 0 saturated carbocycles. The van der Waals surface area contributed by atoms with E-state index >= 15 is 0 Å². The minimum Gasteiger partial charge on any atom is -0.458 e. The molecule has 0 spiro atoms. The number of carbonyl (C=O) groups is 1. The van der Waals surface area contributed by atoms with Crippen LogP contribution in [-0.2, 0) is 14.1 Å². The lowest BCUT2D eigenvalue weighted by atomic mass is 10.4. The Morgan fingerprint density at radius 2 is 2.33 bits per heavy atom. The van der Waals surface area contributed by atoms with E-state index in [0.29, 0.717) is 5.57 Å². The first-order valence-electron chi connectivity index (χ1n) is 3.26. The molecule has 0 aromatic carbocycles. The second-order valence-corrected chi connectivity index (χ2v) is 3.13. The van der Waals surface area contributed by atoms with Crippen LogP contribution in [0.15, 0.2) is 24.0 Å². The normalized spacial score (nSPS) is 12.8. The Morgan fingerprint density at radius 1 is 1.75 bits per heavy atom. The zero-order chi connectivity index (χ0) is 9.56. The third-order valence-corrected chi connectivity index (χ3v) is 1.44. The van der Waals surface area contributed by atoms with E-state index in [4.69, 9.17) is 4.89 Å². The van der Waals surface area contributed by atoms with Crippen molar-refractivity contribution in [2.45, 2.75) is 6.92 Å². The molecule has 0 aliphatic heterocycles. The molecule has 0 aliphatic carbocycles. The highest BCUT2D eigenvalue weighted by Gasteiger charge is 1.99. The quantitative estimate of drug-likeness (QED) is 0.409. The predicted octanol–water partition coefficient (Wildman–Crippen LogP) is 1.09. The smallest absolute Gasteiger partial charge is 0.333 e. The van der Waals surface area contributed by atoms with Crippen LogP contribution in [0.2, 0.25) is 0 Å². The van der Waals surface area contributed by atoms with E-state index in [1.807, 2.05) is 0 Å². The van der Waals surface area contributed by atoms with Gasteiger partial charge in [0.15, 0.2) is 0 Å². The van der Waals surface area contributed by atoms with Crippen molar-refractivity contribution in [3.8, 4) is 0 Å². The van der Waals surface area contributed by atoms with E-state index in [-0.39, 0.29) is 6.61 Å². The fourth-order valence-corrected chi connectivity index (χ4v) is 0.694. The average molecular weight is 190 g/mol. The van der Waals surface area contributed by atoms with Crippen LogP contribution >= 0.6 is 8.03 Å². The number of ether oxygens (including phenoxy) is 1. The summed E-state index contributed by atoms with van der Waals surface area (Å²) in [5.74, 6) is 0.591. The molecular formula is C7H11O4P. The molecule has 0 heterocycles. The Kier molecular flexibility index (Phi) is 5.34. The molecule has 0 fully saturated rings. The summed E-state index contributed by atoms with van der Waals surface area (Å²) in [5, 5.41) is 0. The Labute approximate surface area is 71.4 Å². The lowest BCUT2D eigenvalue weighted by Crippen LogP contribution is -2.04.